The molecule has 0 aliphatic heterocycles. The third kappa shape index (κ3) is 4.17. The Balaban J connectivity index is 1.44. The summed E-state index contributed by atoms with van der Waals surface area (Å²) in [5.74, 6) is 0.118. The first-order valence-corrected chi connectivity index (χ1v) is 9.66. The highest BCUT2D eigenvalue weighted by atomic mass is 19.1. The molecule has 5 nitrogen and oxygen atoms in total. The molecule has 0 spiro atoms. The number of carbonyl (C=O) groups excluding carboxylic acids is 1. The summed E-state index contributed by atoms with van der Waals surface area (Å²) in [6.45, 7) is 3.99. The fourth-order valence-electron chi connectivity index (χ4n) is 3.35. The molecule has 0 atom stereocenters. The number of imidazole rings is 1. The highest BCUT2D eigenvalue weighted by Crippen LogP contribution is 2.29. The molecule has 0 bridgehead atoms. The fraction of sp³-hybridized carbons (Fsp3) is 0.167. The summed E-state index contributed by atoms with van der Waals surface area (Å²) in [5.41, 5.74) is 1.78. The molecule has 152 valence electrons. The van der Waals surface area contributed by atoms with Gasteiger partial charge in [-0.1, -0.05) is 30.3 Å². The van der Waals surface area contributed by atoms with Crippen molar-refractivity contribution in [3.63, 3.8) is 0 Å². The van der Waals surface area contributed by atoms with Gasteiger partial charge in [0.25, 0.3) is 5.91 Å². The van der Waals surface area contributed by atoms with Crippen molar-refractivity contribution in [1.82, 2.24) is 14.7 Å². The van der Waals surface area contributed by atoms with Gasteiger partial charge < -0.3 is 14.5 Å². The Morgan fingerprint density at radius 2 is 1.93 bits per heavy atom. The number of pyridine rings is 1. The van der Waals surface area contributed by atoms with Gasteiger partial charge in [0.05, 0.1) is 0 Å². The molecule has 2 aromatic heterocycles. The predicted octanol–water partition coefficient (Wildman–Crippen LogP) is 4.72. The molecule has 30 heavy (non-hydrogen) atoms. The van der Waals surface area contributed by atoms with E-state index < -0.39 is 5.60 Å². The molecule has 4 aromatic rings. The average Bonchev–Trinajstić information content (AvgIpc) is 3.20. The van der Waals surface area contributed by atoms with Gasteiger partial charge in [-0.2, -0.15) is 0 Å². The van der Waals surface area contributed by atoms with E-state index >= 15 is 0 Å². The van der Waals surface area contributed by atoms with Crippen LogP contribution in [-0.4, -0.2) is 15.3 Å². The molecule has 0 saturated carbocycles. The quantitative estimate of drug-likeness (QED) is 0.507. The SMILES string of the molecule is CC(C)(Oc1cccc(CNC(=O)c2ccn3ccnc3c2)c1)c1ccccc1F. The zero-order chi connectivity index (χ0) is 21.1. The Morgan fingerprint density at radius 3 is 2.77 bits per heavy atom. The largest absolute Gasteiger partial charge is 0.483 e. The van der Waals surface area contributed by atoms with E-state index in [4.69, 9.17) is 4.74 Å². The van der Waals surface area contributed by atoms with Gasteiger partial charge in [0.2, 0.25) is 0 Å². The molecule has 2 heterocycles. The minimum Gasteiger partial charge on any atom is -0.483 e. The maximum atomic E-state index is 14.2. The molecule has 4 rings (SSSR count). The van der Waals surface area contributed by atoms with Crippen molar-refractivity contribution in [2.75, 3.05) is 0 Å². The molecule has 0 radical (unpaired) electrons. The van der Waals surface area contributed by atoms with Crippen LogP contribution in [0.2, 0.25) is 0 Å². The van der Waals surface area contributed by atoms with Crippen LogP contribution in [-0.2, 0) is 12.1 Å². The monoisotopic (exact) mass is 403 g/mol. The van der Waals surface area contributed by atoms with Gasteiger partial charge in [0.15, 0.2) is 0 Å². The van der Waals surface area contributed by atoms with Crippen LogP contribution < -0.4 is 10.1 Å². The number of hydrogen-bond donors (Lipinski definition) is 1. The number of amides is 1. The van der Waals surface area contributed by atoms with Gasteiger partial charge in [0.1, 0.15) is 22.8 Å². The Morgan fingerprint density at radius 1 is 1.10 bits per heavy atom. The second kappa shape index (κ2) is 7.99. The zero-order valence-corrected chi connectivity index (χ0v) is 16.8. The molecular weight excluding hydrogens is 381 g/mol. The highest BCUT2D eigenvalue weighted by molar-refractivity contribution is 5.94. The van der Waals surface area contributed by atoms with Gasteiger partial charge in [-0.05, 0) is 49.7 Å². The van der Waals surface area contributed by atoms with Crippen LogP contribution in [0, 0.1) is 5.82 Å². The lowest BCUT2D eigenvalue weighted by atomic mass is 9.97. The minimum absolute atomic E-state index is 0.182. The van der Waals surface area contributed by atoms with Gasteiger partial charge >= 0.3 is 0 Å². The van der Waals surface area contributed by atoms with Crippen LogP contribution in [0.1, 0.15) is 35.3 Å². The average molecular weight is 403 g/mol. The zero-order valence-electron chi connectivity index (χ0n) is 16.8. The number of aromatic nitrogens is 2. The number of rotatable bonds is 6. The van der Waals surface area contributed by atoms with Crippen LogP contribution in [0.5, 0.6) is 5.75 Å². The summed E-state index contributed by atoms with van der Waals surface area (Å²) in [6.07, 6.45) is 5.31. The van der Waals surface area contributed by atoms with Crippen LogP contribution in [0.3, 0.4) is 0 Å². The number of nitrogens with one attached hydrogen (secondary N) is 1. The van der Waals surface area contributed by atoms with Crippen LogP contribution >= 0.6 is 0 Å². The molecule has 2 aromatic carbocycles. The maximum Gasteiger partial charge on any atom is 0.251 e. The summed E-state index contributed by atoms with van der Waals surface area (Å²) < 4.78 is 22.1. The number of carbonyl (C=O) groups is 1. The number of fused-ring (bicyclic) bond motifs is 1. The molecule has 0 saturated heterocycles. The normalized spacial score (nSPS) is 11.4. The van der Waals surface area contributed by atoms with Crippen molar-refractivity contribution < 1.29 is 13.9 Å². The fourth-order valence-corrected chi connectivity index (χ4v) is 3.35. The molecular formula is C24H22FN3O2. The van der Waals surface area contributed by atoms with Crippen molar-refractivity contribution in [3.05, 3.63) is 102 Å². The summed E-state index contributed by atoms with van der Waals surface area (Å²) in [5, 5.41) is 2.91. The van der Waals surface area contributed by atoms with Crippen molar-refractivity contribution in [2.24, 2.45) is 0 Å². The first-order valence-electron chi connectivity index (χ1n) is 9.66. The van der Waals surface area contributed by atoms with Crippen molar-refractivity contribution in [1.29, 1.82) is 0 Å². The van der Waals surface area contributed by atoms with Crippen LogP contribution in [0.25, 0.3) is 5.65 Å². The molecule has 0 unspecified atom stereocenters. The number of halogens is 1. The lowest BCUT2D eigenvalue weighted by Crippen LogP contribution is -2.27. The third-order valence-electron chi connectivity index (χ3n) is 4.91. The topological polar surface area (TPSA) is 55.6 Å². The standard InChI is InChI=1S/C24H22FN3O2/c1-24(2,20-8-3-4-9-21(20)25)30-19-7-5-6-17(14-19)16-27-23(29)18-10-12-28-13-11-26-22(28)15-18/h3-15H,16H2,1-2H3,(H,27,29). The van der Waals surface area contributed by atoms with Crippen LogP contribution in [0.4, 0.5) is 4.39 Å². The Hall–Kier alpha value is -3.67. The van der Waals surface area contributed by atoms with E-state index in [0.717, 1.165) is 5.56 Å². The van der Waals surface area contributed by atoms with Gasteiger partial charge in [-0.3, -0.25) is 4.79 Å². The Labute approximate surface area is 174 Å². The van der Waals surface area contributed by atoms with E-state index in [2.05, 4.69) is 10.3 Å². The highest BCUT2D eigenvalue weighted by Gasteiger charge is 2.26. The number of ether oxygens (including phenoxy) is 1. The lowest BCUT2D eigenvalue weighted by Gasteiger charge is -2.27. The lowest BCUT2D eigenvalue weighted by molar-refractivity contribution is 0.0948. The number of hydrogen-bond acceptors (Lipinski definition) is 3. The smallest absolute Gasteiger partial charge is 0.251 e. The Kier molecular flexibility index (Phi) is 5.23. The molecule has 1 amide bonds. The maximum absolute atomic E-state index is 14.2. The van der Waals surface area contributed by atoms with Crippen molar-refractivity contribution in [2.45, 2.75) is 26.0 Å². The van der Waals surface area contributed by atoms with Crippen LogP contribution in [0.15, 0.2) is 79.3 Å². The van der Waals surface area contributed by atoms with Crippen molar-refractivity contribution in [3.8, 4) is 5.75 Å². The van der Waals surface area contributed by atoms with E-state index in [1.807, 2.05) is 48.7 Å². The summed E-state index contributed by atoms with van der Waals surface area (Å²) >= 11 is 0. The first-order chi connectivity index (χ1) is 14.4. The summed E-state index contributed by atoms with van der Waals surface area (Å²) in [4.78, 5) is 16.7. The van der Waals surface area contributed by atoms with Gasteiger partial charge in [-0.25, -0.2) is 9.37 Å². The van der Waals surface area contributed by atoms with E-state index in [-0.39, 0.29) is 11.7 Å². The molecule has 0 aliphatic rings. The molecule has 0 aliphatic carbocycles. The van der Waals surface area contributed by atoms with Crippen molar-refractivity contribution >= 4 is 11.6 Å². The first kappa shape index (κ1) is 19.6. The second-order valence-electron chi connectivity index (χ2n) is 7.53. The molecule has 0 fully saturated rings. The van der Waals surface area contributed by atoms with Gasteiger partial charge in [0, 0.05) is 36.3 Å². The summed E-state index contributed by atoms with van der Waals surface area (Å²) in [7, 11) is 0. The van der Waals surface area contributed by atoms with E-state index in [0.29, 0.717) is 29.1 Å². The van der Waals surface area contributed by atoms with E-state index in [9.17, 15) is 9.18 Å². The van der Waals surface area contributed by atoms with Gasteiger partial charge in [-0.15, -0.1) is 0 Å². The second-order valence-corrected chi connectivity index (χ2v) is 7.53. The van der Waals surface area contributed by atoms with E-state index in [1.54, 1.807) is 42.7 Å². The molecule has 6 heteroatoms. The predicted molar refractivity (Wildman–Crippen MR) is 113 cm³/mol. The number of benzene rings is 2. The Bertz CT molecular complexity index is 1200. The minimum atomic E-state index is -0.840. The molecule has 1 N–H and O–H groups in total. The number of nitrogens with zero attached hydrogens (tertiary/aromatic N) is 2. The summed E-state index contributed by atoms with van der Waals surface area (Å²) in [6, 6.07) is 17.5. The third-order valence-corrected chi connectivity index (χ3v) is 4.91. The van der Waals surface area contributed by atoms with E-state index in [1.165, 1.54) is 6.07 Å².